The maximum absolute atomic E-state index is 12.4. The van der Waals surface area contributed by atoms with Gasteiger partial charge in [-0.15, -0.1) is 11.3 Å². The number of aromatic nitrogens is 3. The lowest BCUT2D eigenvalue weighted by molar-refractivity contribution is 0.0240. The summed E-state index contributed by atoms with van der Waals surface area (Å²) in [6, 6.07) is 3.98. The van der Waals surface area contributed by atoms with Crippen molar-refractivity contribution in [3.8, 4) is 10.6 Å². The van der Waals surface area contributed by atoms with Gasteiger partial charge >= 0.3 is 12.1 Å². The van der Waals surface area contributed by atoms with E-state index in [0.717, 1.165) is 10.6 Å². The molecular weight excluding hydrogens is 430 g/mol. The topological polar surface area (TPSA) is 89.3 Å². The molecule has 0 unspecified atom stereocenters. The Morgan fingerprint density at radius 3 is 2.56 bits per heavy atom. The Labute approximate surface area is 190 Å². The second-order valence-electron chi connectivity index (χ2n) is 8.44. The first-order valence-corrected chi connectivity index (χ1v) is 11.5. The van der Waals surface area contributed by atoms with E-state index in [1.165, 1.54) is 0 Å². The van der Waals surface area contributed by atoms with Gasteiger partial charge in [0.15, 0.2) is 17.2 Å². The number of esters is 1. The second-order valence-corrected chi connectivity index (χ2v) is 9.39. The normalized spacial score (nSPS) is 14.6. The van der Waals surface area contributed by atoms with Crippen molar-refractivity contribution in [3.05, 3.63) is 35.6 Å². The van der Waals surface area contributed by atoms with Crippen LogP contribution in [0.3, 0.4) is 0 Å². The summed E-state index contributed by atoms with van der Waals surface area (Å²) in [7, 11) is 0. The highest BCUT2D eigenvalue weighted by molar-refractivity contribution is 7.13. The monoisotopic (exact) mass is 457 g/mol. The summed E-state index contributed by atoms with van der Waals surface area (Å²) in [4.78, 5) is 38.8. The molecule has 170 valence electrons. The summed E-state index contributed by atoms with van der Waals surface area (Å²) in [5.41, 5.74) is 1.16. The van der Waals surface area contributed by atoms with Crippen LogP contribution in [0, 0.1) is 0 Å². The third-order valence-corrected chi connectivity index (χ3v) is 5.86. The fourth-order valence-electron chi connectivity index (χ4n) is 3.52. The standard InChI is InChI=1S/C22H27N5O4S/c1-5-30-20(28)15-14-27-16(17-7-6-12-32-17)13-23-18(19(27)24-15)25-8-10-26(11-9-25)21(29)31-22(2,3)4/h6-7,12-14H,5,8-11H2,1-4H3. The minimum atomic E-state index is -0.529. The van der Waals surface area contributed by atoms with Crippen LogP contribution in [0.5, 0.6) is 0 Å². The van der Waals surface area contributed by atoms with E-state index in [9.17, 15) is 9.59 Å². The average molecular weight is 458 g/mol. The molecule has 1 aliphatic rings. The summed E-state index contributed by atoms with van der Waals surface area (Å²) < 4.78 is 12.5. The molecule has 0 N–H and O–H groups in total. The van der Waals surface area contributed by atoms with Crippen molar-refractivity contribution in [3.63, 3.8) is 0 Å². The number of hydrogen-bond acceptors (Lipinski definition) is 8. The van der Waals surface area contributed by atoms with Gasteiger partial charge in [-0.3, -0.25) is 4.40 Å². The van der Waals surface area contributed by atoms with Crippen LogP contribution in [0.25, 0.3) is 16.2 Å². The van der Waals surface area contributed by atoms with E-state index < -0.39 is 11.6 Å². The summed E-state index contributed by atoms with van der Waals surface area (Å²) in [5.74, 6) is 0.207. The quantitative estimate of drug-likeness (QED) is 0.552. The van der Waals surface area contributed by atoms with Crippen LogP contribution in [0.15, 0.2) is 29.9 Å². The predicted octanol–water partition coefficient (Wildman–Crippen LogP) is 3.69. The Bertz CT molecular complexity index is 1110. The molecule has 0 spiro atoms. The molecule has 1 fully saturated rings. The van der Waals surface area contributed by atoms with Gasteiger partial charge in [-0.2, -0.15) is 0 Å². The van der Waals surface area contributed by atoms with Gasteiger partial charge in [-0.25, -0.2) is 19.6 Å². The second kappa shape index (κ2) is 8.78. The fraction of sp³-hybridized carbons (Fsp3) is 0.455. The van der Waals surface area contributed by atoms with Crippen molar-refractivity contribution in [2.45, 2.75) is 33.3 Å². The molecular formula is C22H27N5O4S. The van der Waals surface area contributed by atoms with Crippen LogP contribution in [-0.2, 0) is 9.47 Å². The number of amides is 1. The van der Waals surface area contributed by atoms with Gasteiger partial charge in [-0.1, -0.05) is 6.07 Å². The van der Waals surface area contributed by atoms with Crippen molar-refractivity contribution >= 4 is 34.9 Å². The first kappa shape index (κ1) is 22.1. The van der Waals surface area contributed by atoms with E-state index in [1.54, 1.807) is 35.6 Å². The molecule has 3 aromatic rings. The number of ether oxygens (including phenoxy) is 2. The Morgan fingerprint density at radius 2 is 1.94 bits per heavy atom. The molecule has 1 amide bonds. The van der Waals surface area contributed by atoms with Gasteiger partial charge in [0.05, 0.1) is 23.4 Å². The molecule has 1 saturated heterocycles. The van der Waals surface area contributed by atoms with Crippen molar-refractivity contribution in [2.75, 3.05) is 37.7 Å². The van der Waals surface area contributed by atoms with Gasteiger partial charge in [-0.05, 0) is 39.1 Å². The van der Waals surface area contributed by atoms with E-state index in [1.807, 2.05) is 42.7 Å². The molecule has 10 heteroatoms. The molecule has 3 aromatic heterocycles. The Morgan fingerprint density at radius 1 is 1.19 bits per heavy atom. The van der Waals surface area contributed by atoms with Crippen LogP contribution in [0.4, 0.5) is 10.6 Å². The van der Waals surface area contributed by atoms with Crippen molar-refractivity contribution in [1.82, 2.24) is 19.3 Å². The van der Waals surface area contributed by atoms with E-state index in [0.29, 0.717) is 37.6 Å². The molecule has 0 saturated carbocycles. The number of rotatable bonds is 4. The smallest absolute Gasteiger partial charge is 0.410 e. The van der Waals surface area contributed by atoms with Crippen molar-refractivity contribution in [1.29, 1.82) is 0 Å². The number of anilines is 1. The molecule has 1 aliphatic heterocycles. The van der Waals surface area contributed by atoms with Crippen LogP contribution in [0.1, 0.15) is 38.2 Å². The molecule has 0 radical (unpaired) electrons. The maximum atomic E-state index is 12.4. The molecule has 0 aliphatic carbocycles. The van der Waals surface area contributed by atoms with Crippen molar-refractivity contribution in [2.24, 2.45) is 0 Å². The third kappa shape index (κ3) is 4.55. The molecule has 4 heterocycles. The van der Waals surface area contributed by atoms with Gasteiger partial charge < -0.3 is 19.3 Å². The molecule has 0 bridgehead atoms. The number of fused-ring (bicyclic) bond motifs is 1. The lowest BCUT2D eigenvalue weighted by Gasteiger charge is -2.36. The van der Waals surface area contributed by atoms with Crippen molar-refractivity contribution < 1.29 is 19.1 Å². The molecule has 9 nitrogen and oxygen atoms in total. The lowest BCUT2D eigenvalue weighted by atomic mass is 10.2. The fourth-order valence-corrected chi connectivity index (χ4v) is 4.26. The highest BCUT2D eigenvalue weighted by Crippen LogP contribution is 2.29. The largest absolute Gasteiger partial charge is 0.461 e. The van der Waals surface area contributed by atoms with Gasteiger partial charge in [0, 0.05) is 32.4 Å². The first-order chi connectivity index (χ1) is 15.3. The van der Waals surface area contributed by atoms with E-state index in [-0.39, 0.29) is 18.4 Å². The zero-order valence-corrected chi connectivity index (χ0v) is 19.5. The minimum absolute atomic E-state index is 0.242. The first-order valence-electron chi connectivity index (χ1n) is 10.6. The van der Waals surface area contributed by atoms with Crippen LogP contribution in [0.2, 0.25) is 0 Å². The summed E-state index contributed by atoms with van der Waals surface area (Å²) in [6.45, 7) is 9.82. The number of imidazole rings is 1. The zero-order valence-electron chi connectivity index (χ0n) is 18.7. The van der Waals surface area contributed by atoms with E-state index in [4.69, 9.17) is 14.5 Å². The van der Waals surface area contributed by atoms with E-state index >= 15 is 0 Å². The molecule has 4 rings (SSSR count). The van der Waals surface area contributed by atoms with Gasteiger partial charge in [0.25, 0.3) is 0 Å². The molecule has 0 atom stereocenters. The highest BCUT2D eigenvalue weighted by Gasteiger charge is 2.28. The number of nitrogens with zero attached hydrogens (tertiary/aromatic N) is 5. The molecule has 0 aromatic carbocycles. The van der Waals surface area contributed by atoms with Gasteiger partial charge in [0.1, 0.15) is 5.60 Å². The average Bonchev–Trinajstić information content (AvgIpc) is 3.42. The maximum Gasteiger partial charge on any atom is 0.410 e. The third-order valence-electron chi connectivity index (χ3n) is 4.96. The predicted molar refractivity (Wildman–Crippen MR) is 122 cm³/mol. The number of carbonyl (C=O) groups is 2. The minimum Gasteiger partial charge on any atom is -0.461 e. The number of hydrogen-bond donors (Lipinski definition) is 0. The number of thiophene rings is 1. The van der Waals surface area contributed by atoms with E-state index in [2.05, 4.69) is 9.88 Å². The summed E-state index contributed by atoms with van der Waals surface area (Å²) >= 11 is 1.59. The summed E-state index contributed by atoms with van der Waals surface area (Å²) in [5, 5.41) is 1.99. The van der Waals surface area contributed by atoms with Crippen LogP contribution < -0.4 is 4.90 Å². The number of piperazine rings is 1. The summed E-state index contributed by atoms with van der Waals surface area (Å²) in [6.07, 6.45) is 3.18. The highest BCUT2D eigenvalue weighted by atomic mass is 32.1. The Balaban J connectivity index is 1.63. The van der Waals surface area contributed by atoms with Gasteiger partial charge in [0.2, 0.25) is 0 Å². The van der Waals surface area contributed by atoms with Crippen LogP contribution >= 0.6 is 11.3 Å². The SMILES string of the molecule is CCOC(=O)c1cn2c(-c3cccs3)cnc(N3CCN(C(=O)OC(C)(C)C)CC3)c2n1. The molecule has 32 heavy (non-hydrogen) atoms. The van der Waals surface area contributed by atoms with Crippen LogP contribution in [-0.4, -0.2) is 69.7 Å². The number of carbonyl (C=O) groups excluding carboxylic acids is 2. The zero-order chi connectivity index (χ0) is 22.9. The Hall–Kier alpha value is -3.14. The lowest BCUT2D eigenvalue weighted by Crippen LogP contribution is -2.50. The Kier molecular flexibility index (Phi) is 6.05.